The van der Waals surface area contributed by atoms with Gasteiger partial charge in [0.15, 0.2) is 0 Å². The van der Waals surface area contributed by atoms with Crippen LogP contribution in [-0.2, 0) is 4.74 Å². The molecular formula is C19H31N3O3. The maximum absolute atomic E-state index is 12.2. The summed E-state index contributed by atoms with van der Waals surface area (Å²) >= 11 is 0. The van der Waals surface area contributed by atoms with Crippen LogP contribution < -0.4 is 10.1 Å². The van der Waals surface area contributed by atoms with E-state index in [1.54, 1.807) is 11.9 Å². The molecule has 2 rings (SSSR count). The number of morpholine rings is 1. The number of aryl methyl sites for hydroxylation is 1. The molecule has 1 unspecified atom stereocenters. The van der Waals surface area contributed by atoms with Gasteiger partial charge >= 0.3 is 6.03 Å². The van der Waals surface area contributed by atoms with Crippen LogP contribution >= 0.6 is 0 Å². The fourth-order valence-electron chi connectivity index (χ4n) is 2.63. The number of likely N-dealkylation sites (N-methyl/N-ethyl adjacent to an activating group) is 1. The summed E-state index contributed by atoms with van der Waals surface area (Å²) in [5.74, 6) is 0.832. The Balaban J connectivity index is 1.60. The number of carbonyl (C=O) groups excluding carboxylic acids is 1. The normalized spacial score (nSPS) is 16.3. The number of hydrogen-bond acceptors (Lipinski definition) is 4. The summed E-state index contributed by atoms with van der Waals surface area (Å²) < 4.78 is 11.0. The molecule has 1 fully saturated rings. The van der Waals surface area contributed by atoms with Gasteiger partial charge in [-0.3, -0.25) is 4.90 Å². The van der Waals surface area contributed by atoms with Crippen LogP contribution in [0.2, 0.25) is 0 Å². The largest absolute Gasteiger partial charge is 0.492 e. The van der Waals surface area contributed by atoms with E-state index >= 15 is 0 Å². The lowest BCUT2D eigenvalue weighted by molar-refractivity contribution is 0.0364. The summed E-state index contributed by atoms with van der Waals surface area (Å²) in [6.07, 6.45) is 0.944. The number of amides is 2. The van der Waals surface area contributed by atoms with Gasteiger partial charge in [0.25, 0.3) is 0 Å². The highest BCUT2D eigenvalue weighted by atomic mass is 16.5. The number of carbonyl (C=O) groups is 1. The maximum atomic E-state index is 12.2. The van der Waals surface area contributed by atoms with Crippen molar-refractivity contribution in [3.63, 3.8) is 0 Å². The lowest BCUT2D eigenvalue weighted by Crippen LogP contribution is -2.45. The second-order valence-corrected chi connectivity index (χ2v) is 6.68. The van der Waals surface area contributed by atoms with Crippen molar-refractivity contribution in [1.82, 2.24) is 15.1 Å². The number of nitrogens with zero attached hydrogens (tertiary/aromatic N) is 2. The molecule has 1 aromatic carbocycles. The molecule has 1 N–H and O–H groups in total. The summed E-state index contributed by atoms with van der Waals surface area (Å²) in [4.78, 5) is 16.3. The van der Waals surface area contributed by atoms with Crippen LogP contribution in [0.5, 0.6) is 5.75 Å². The highest BCUT2D eigenvalue weighted by Gasteiger charge is 2.15. The van der Waals surface area contributed by atoms with E-state index in [0.29, 0.717) is 13.2 Å². The van der Waals surface area contributed by atoms with E-state index in [4.69, 9.17) is 9.47 Å². The van der Waals surface area contributed by atoms with Gasteiger partial charge < -0.3 is 19.7 Å². The Hall–Kier alpha value is -1.79. The molecule has 2 amide bonds. The highest BCUT2D eigenvalue weighted by Crippen LogP contribution is 2.11. The number of hydrogen-bond donors (Lipinski definition) is 1. The van der Waals surface area contributed by atoms with Gasteiger partial charge in [0, 0.05) is 32.7 Å². The fourth-order valence-corrected chi connectivity index (χ4v) is 2.63. The molecule has 6 heteroatoms. The molecule has 1 saturated heterocycles. The van der Waals surface area contributed by atoms with Gasteiger partial charge in [-0.2, -0.15) is 0 Å². The number of benzene rings is 1. The van der Waals surface area contributed by atoms with Gasteiger partial charge in [0.2, 0.25) is 0 Å². The number of urea groups is 1. The predicted octanol–water partition coefficient (Wildman–Crippen LogP) is 2.13. The average molecular weight is 349 g/mol. The van der Waals surface area contributed by atoms with E-state index in [0.717, 1.165) is 45.0 Å². The molecule has 0 spiro atoms. The molecule has 1 aliphatic rings. The number of nitrogens with one attached hydrogen (secondary N) is 1. The maximum Gasteiger partial charge on any atom is 0.317 e. The molecule has 0 aromatic heterocycles. The first-order valence-corrected chi connectivity index (χ1v) is 9.06. The zero-order valence-electron chi connectivity index (χ0n) is 15.7. The van der Waals surface area contributed by atoms with Gasteiger partial charge in [-0.25, -0.2) is 4.79 Å². The molecule has 0 radical (unpaired) electrons. The molecule has 25 heavy (non-hydrogen) atoms. The minimum absolute atomic E-state index is 0.0537. The van der Waals surface area contributed by atoms with E-state index in [-0.39, 0.29) is 12.1 Å². The quantitative estimate of drug-likeness (QED) is 0.781. The third-order valence-electron chi connectivity index (χ3n) is 4.42. The van der Waals surface area contributed by atoms with Crippen molar-refractivity contribution in [2.45, 2.75) is 26.3 Å². The van der Waals surface area contributed by atoms with Crippen LogP contribution in [0.25, 0.3) is 0 Å². The Bertz CT molecular complexity index is 515. The van der Waals surface area contributed by atoms with Crippen molar-refractivity contribution >= 4 is 6.03 Å². The van der Waals surface area contributed by atoms with E-state index in [9.17, 15) is 4.79 Å². The van der Waals surface area contributed by atoms with Crippen LogP contribution in [0.4, 0.5) is 4.79 Å². The van der Waals surface area contributed by atoms with Crippen molar-refractivity contribution in [3.05, 3.63) is 29.8 Å². The van der Waals surface area contributed by atoms with Crippen molar-refractivity contribution < 1.29 is 14.3 Å². The van der Waals surface area contributed by atoms with E-state index < -0.39 is 0 Å². The predicted molar refractivity (Wildman–Crippen MR) is 99.2 cm³/mol. The van der Waals surface area contributed by atoms with Gasteiger partial charge in [0.1, 0.15) is 12.4 Å². The molecule has 0 aliphatic carbocycles. The Morgan fingerprint density at radius 3 is 2.68 bits per heavy atom. The standard InChI is InChI=1S/C19H31N3O3/c1-16-4-6-18(7-5-16)25-15-10-21(3)19(23)20-17(2)8-9-22-11-13-24-14-12-22/h4-7,17H,8-15H2,1-3H3,(H,20,23). The van der Waals surface area contributed by atoms with Crippen LogP contribution in [0, 0.1) is 6.92 Å². The van der Waals surface area contributed by atoms with Gasteiger partial charge in [-0.15, -0.1) is 0 Å². The first-order valence-electron chi connectivity index (χ1n) is 9.06. The van der Waals surface area contributed by atoms with E-state index in [1.807, 2.05) is 31.2 Å². The third-order valence-corrected chi connectivity index (χ3v) is 4.42. The Labute approximate surface area is 151 Å². The zero-order chi connectivity index (χ0) is 18.1. The van der Waals surface area contributed by atoms with Crippen molar-refractivity contribution in [2.24, 2.45) is 0 Å². The van der Waals surface area contributed by atoms with Crippen molar-refractivity contribution in [2.75, 3.05) is 53.0 Å². The Morgan fingerprint density at radius 2 is 2.00 bits per heavy atom. The molecule has 140 valence electrons. The van der Waals surface area contributed by atoms with Gasteiger partial charge in [0.05, 0.1) is 19.8 Å². The van der Waals surface area contributed by atoms with Crippen LogP contribution in [0.15, 0.2) is 24.3 Å². The number of rotatable bonds is 8. The fraction of sp³-hybridized carbons (Fsp3) is 0.632. The lowest BCUT2D eigenvalue weighted by atomic mass is 10.2. The number of ether oxygens (including phenoxy) is 2. The molecule has 1 heterocycles. The van der Waals surface area contributed by atoms with E-state index in [1.165, 1.54) is 5.56 Å². The van der Waals surface area contributed by atoms with Crippen LogP contribution in [0.3, 0.4) is 0 Å². The first-order chi connectivity index (χ1) is 12.0. The summed E-state index contributed by atoms with van der Waals surface area (Å²) in [6, 6.07) is 8.02. The summed E-state index contributed by atoms with van der Waals surface area (Å²) in [5, 5.41) is 3.05. The Kier molecular flexibility index (Phi) is 8.01. The third kappa shape index (κ3) is 7.32. The molecular weight excluding hydrogens is 318 g/mol. The molecule has 6 nitrogen and oxygen atoms in total. The molecule has 0 bridgehead atoms. The first kappa shape index (κ1) is 19.5. The van der Waals surface area contributed by atoms with Crippen molar-refractivity contribution in [1.29, 1.82) is 0 Å². The lowest BCUT2D eigenvalue weighted by Gasteiger charge is -2.28. The minimum atomic E-state index is -0.0537. The van der Waals surface area contributed by atoms with Gasteiger partial charge in [-0.1, -0.05) is 17.7 Å². The topological polar surface area (TPSA) is 54.0 Å². The SMILES string of the molecule is Cc1ccc(OCCN(C)C(=O)NC(C)CCN2CCOCC2)cc1. The summed E-state index contributed by atoms with van der Waals surface area (Å²) in [7, 11) is 1.79. The smallest absolute Gasteiger partial charge is 0.317 e. The van der Waals surface area contributed by atoms with Crippen molar-refractivity contribution in [3.8, 4) is 5.75 Å². The Morgan fingerprint density at radius 1 is 1.32 bits per heavy atom. The second-order valence-electron chi connectivity index (χ2n) is 6.68. The van der Waals surface area contributed by atoms with Gasteiger partial charge in [-0.05, 0) is 32.4 Å². The average Bonchev–Trinajstić information content (AvgIpc) is 2.62. The van der Waals surface area contributed by atoms with Crippen LogP contribution in [0.1, 0.15) is 18.9 Å². The highest BCUT2D eigenvalue weighted by molar-refractivity contribution is 5.74. The zero-order valence-corrected chi connectivity index (χ0v) is 15.7. The summed E-state index contributed by atoms with van der Waals surface area (Å²) in [5.41, 5.74) is 1.20. The monoisotopic (exact) mass is 349 g/mol. The second kappa shape index (κ2) is 10.3. The molecule has 1 aromatic rings. The summed E-state index contributed by atoms with van der Waals surface area (Å²) in [6.45, 7) is 9.70. The molecule has 1 atom stereocenters. The molecule has 0 saturated carbocycles. The van der Waals surface area contributed by atoms with Crippen LogP contribution in [-0.4, -0.2) is 74.9 Å². The minimum Gasteiger partial charge on any atom is -0.492 e. The van der Waals surface area contributed by atoms with E-state index in [2.05, 4.69) is 17.1 Å². The molecule has 1 aliphatic heterocycles.